The third kappa shape index (κ3) is 3.43. The lowest BCUT2D eigenvalue weighted by molar-refractivity contribution is -0.161. The van der Waals surface area contributed by atoms with Gasteiger partial charge in [0.15, 0.2) is 6.10 Å². The molecular formula is C25H30N2O5. The van der Waals surface area contributed by atoms with Crippen LogP contribution >= 0.6 is 0 Å². The number of rotatable bonds is 5. The van der Waals surface area contributed by atoms with Crippen molar-refractivity contribution in [3.05, 3.63) is 41.5 Å². The fourth-order valence-electron chi connectivity index (χ4n) is 5.79. The molecule has 4 aliphatic rings. The van der Waals surface area contributed by atoms with Crippen molar-refractivity contribution >= 4 is 23.5 Å². The summed E-state index contributed by atoms with van der Waals surface area (Å²) in [5, 5.41) is 2.96. The van der Waals surface area contributed by atoms with Crippen molar-refractivity contribution in [3.8, 4) is 0 Å². The molecule has 1 aromatic rings. The van der Waals surface area contributed by atoms with Crippen LogP contribution in [0, 0.1) is 25.7 Å². The number of esters is 1. The number of amides is 2. The summed E-state index contributed by atoms with van der Waals surface area (Å²) >= 11 is 0. The first-order valence-corrected chi connectivity index (χ1v) is 11.6. The monoisotopic (exact) mass is 438 g/mol. The highest BCUT2D eigenvalue weighted by Crippen LogP contribution is 2.53. The van der Waals surface area contributed by atoms with Crippen LogP contribution in [0.25, 0.3) is 0 Å². The molecule has 7 nitrogen and oxygen atoms in total. The van der Waals surface area contributed by atoms with Crippen LogP contribution in [0.3, 0.4) is 0 Å². The predicted octanol–water partition coefficient (Wildman–Crippen LogP) is 2.58. The van der Waals surface area contributed by atoms with Gasteiger partial charge in [0.25, 0.3) is 5.91 Å². The fourth-order valence-corrected chi connectivity index (χ4v) is 5.79. The maximum atomic E-state index is 13.5. The van der Waals surface area contributed by atoms with Crippen LogP contribution in [0.2, 0.25) is 0 Å². The van der Waals surface area contributed by atoms with E-state index in [4.69, 9.17) is 9.47 Å². The van der Waals surface area contributed by atoms with Crippen molar-refractivity contribution in [2.45, 2.75) is 70.3 Å². The van der Waals surface area contributed by atoms with Gasteiger partial charge in [0.05, 0.1) is 18.6 Å². The van der Waals surface area contributed by atoms with E-state index in [0.717, 1.165) is 42.5 Å². The van der Waals surface area contributed by atoms with Gasteiger partial charge in [-0.15, -0.1) is 0 Å². The number of ether oxygens (including phenoxy) is 2. The summed E-state index contributed by atoms with van der Waals surface area (Å²) in [5.41, 5.74) is 2.13. The summed E-state index contributed by atoms with van der Waals surface area (Å²) < 4.78 is 11.7. The van der Waals surface area contributed by atoms with Gasteiger partial charge in [-0.05, 0) is 56.9 Å². The van der Waals surface area contributed by atoms with E-state index in [1.54, 1.807) is 11.8 Å². The van der Waals surface area contributed by atoms with Gasteiger partial charge in [-0.25, -0.2) is 0 Å². The van der Waals surface area contributed by atoms with Gasteiger partial charge in [0, 0.05) is 11.7 Å². The number of carbonyl (C=O) groups excluding carboxylic acids is 3. The van der Waals surface area contributed by atoms with Crippen LogP contribution in [0.4, 0.5) is 5.69 Å². The Morgan fingerprint density at radius 1 is 1.19 bits per heavy atom. The molecule has 0 radical (unpaired) electrons. The van der Waals surface area contributed by atoms with E-state index in [0.29, 0.717) is 6.54 Å². The van der Waals surface area contributed by atoms with Crippen molar-refractivity contribution in [3.63, 3.8) is 0 Å². The van der Waals surface area contributed by atoms with E-state index >= 15 is 0 Å². The molecule has 3 fully saturated rings. The highest BCUT2D eigenvalue weighted by Gasteiger charge is 2.67. The number of benzene rings is 1. The molecule has 0 unspecified atom stereocenters. The minimum Gasteiger partial charge on any atom is -0.452 e. The Kier molecular flexibility index (Phi) is 5.12. The second kappa shape index (κ2) is 7.73. The summed E-state index contributed by atoms with van der Waals surface area (Å²) in [5.74, 6) is -2.35. The molecule has 2 amide bonds. The van der Waals surface area contributed by atoms with Crippen LogP contribution in [-0.4, -0.2) is 48.2 Å². The zero-order chi connectivity index (χ0) is 22.6. The number of nitrogens with one attached hydrogen (secondary N) is 1. The highest BCUT2D eigenvalue weighted by atomic mass is 16.6. The van der Waals surface area contributed by atoms with Gasteiger partial charge in [-0.2, -0.15) is 0 Å². The Morgan fingerprint density at radius 3 is 2.56 bits per heavy atom. The molecule has 0 aromatic heterocycles. The zero-order valence-electron chi connectivity index (χ0n) is 18.8. The Hall–Kier alpha value is -2.67. The average molecular weight is 439 g/mol. The highest BCUT2D eigenvalue weighted by molar-refractivity contribution is 6.03. The molecule has 2 saturated heterocycles. The third-order valence-corrected chi connectivity index (χ3v) is 7.25. The Balaban J connectivity index is 1.32. The van der Waals surface area contributed by atoms with Gasteiger partial charge in [-0.1, -0.05) is 31.1 Å². The normalized spacial score (nSPS) is 31.8. The van der Waals surface area contributed by atoms with E-state index in [1.807, 2.05) is 38.1 Å². The van der Waals surface area contributed by atoms with Crippen LogP contribution in [0.15, 0.2) is 30.4 Å². The first-order chi connectivity index (χ1) is 15.3. The van der Waals surface area contributed by atoms with Crippen LogP contribution in [0.5, 0.6) is 0 Å². The largest absolute Gasteiger partial charge is 0.452 e. The maximum Gasteiger partial charge on any atom is 0.313 e. The molecule has 1 saturated carbocycles. The van der Waals surface area contributed by atoms with Crippen molar-refractivity contribution in [2.75, 3.05) is 11.4 Å². The number of aryl methyl sites for hydroxylation is 2. The standard InChI is InChI=1S/C25H30N2O5/c1-14-10-15(2)12-18(11-14)27-13-25-9-8-19(32-25)20(21(25)23(27)29)24(30)31-16(3)22(28)26-17-6-4-5-7-17/h8-12,16-17,19-21H,4-7,13H2,1-3H3,(H,26,28)/t16-,19+,20-,21-,25+/m0/s1. The van der Waals surface area contributed by atoms with E-state index in [2.05, 4.69) is 11.4 Å². The molecule has 170 valence electrons. The number of carbonyl (C=O) groups is 3. The summed E-state index contributed by atoms with van der Waals surface area (Å²) in [4.78, 5) is 40.8. The number of hydrogen-bond acceptors (Lipinski definition) is 5. The molecule has 1 aliphatic carbocycles. The quantitative estimate of drug-likeness (QED) is 0.564. The first-order valence-electron chi connectivity index (χ1n) is 11.6. The lowest BCUT2D eigenvalue weighted by Crippen LogP contribution is -2.44. The molecule has 1 aromatic carbocycles. The van der Waals surface area contributed by atoms with E-state index in [-0.39, 0.29) is 17.9 Å². The molecule has 3 aliphatic heterocycles. The van der Waals surface area contributed by atoms with Gasteiger partial charge >= 0.3 is 5.97 Å². The lowest BCUT2D eigenvalue weighted by atomic mass is 9.77. The Labute approximate surface area is 188 Å². The number of nitrogens with zero attached hydrogens (tertiary/aromatic N) is 1. The molecule has 5 rings (SSSR count). The Morgan fingerprint density at radius 2 is 1.88 bits per heavy atom. The van der Waals surface area contributed by atoms with Gasteiger partial charge in [0.2, 0.25) is 5.91 Å². The molecule has 5 atom stereocenters. The summed E-state index contributed by atoms with van der Waals surface area (Å²) in [7, 11) is 0. The van der Waals surface area contributed by atoms with E-state index in [1.165, 1.54) is 0 Å². The van der Waals surface area contributed by atoms with E-state index in [9.17, 15) is 14.4 Å². The second-order valence-corrected chi connectivity index (χ2v) is 9.74. The topological polar surface area (TPSA) is 84.9 Å². The SMILES string of the molecule is Cc1cc(C)cc(N2C[C@@]34C=C[C@@H](O3)[C@H](C(=O)O[C@@H](C)C(=O)NC3CCCC3)[C@H]4C2=O)c1. The summed E-state index contributed by atoms with van der Waals surface area (Å²) in [6.45, 7) is 5.95. The molecule has 32 heavy (non-hydrogen) atoms. The number of hydrogen-bond donors (Lipinski definition) is 1. The number of fused-ring (bicyclic) bond motifs is 1. The minimum atomic E-state index is -0.908. The van der Waals surface area contributed by atoms with Crippen LogP contribution in [-0.2, 0) is 23.9 Å². The van der Waals surface area contributed by atoms with Gasteiger partial charge in [0.1, 0.15) is 11.5 Å². The minimum absolute atomic E-state index is 0.133. The predicted molar refractivity (Wildman–Crippen MR) is 118 cm³/mol. The molecule has 1 spiro atoms. The molecule has 7 heteroatoms. The van der Waals surface area contributed by atoms with Crippen molar-refractivity contribution in [1.82, 2.24) is 5.32 Å². The maximum absolute atomic E-state index is 13.5. The molecule has 1 N–H and O–H groups in total. The Bertz CT molecular complexity index is 978. The van der Waals surface area contributed by atoms with Crippen molar-refractivity contribution in [2.24, 2.45) is 11.8 Å². The third-order valence-electron chi connectivity index (χ3n) is 7.25. The van der Waals surface area contributed by atoms with Crippen LogP contribution in [0.1, 0.15) is 43.7 Å². The van der Waals surface area contributed by atoms with Crippen LogP contribution < -0.4 is 10.2 Å². The average Bonchev–Trinajstić information content (AvgIpc) is 3.49. The summed E-state index contributed by atoms with van der Waals surface area (Å²) in [6, 6.07) is 6.16. The molecular weight excluding hydrogens is 408 g/mol. The fraction of sp³-hybridized carbons (Fsp3) is 0.560. The smallest absolute Gasteiger partial charge is 0.313 e. The molecule has 3 heterocycles. The van der Waals surface area contributed by atoms with E-state index < -0.39 is 35.6 Å². The van der Waals surface area contributed by atoms with Gasteiger partial charge < -0.3 is 19.7 Å². The van der Waals surface area contributed by atoms with Crippen molar-refractivity contribution in [1.29, 1.82) is 0 Å². The first kappa shape index (κ1) is 21.2. The zero-order valence-corrected chi connectivity index (χ0v) is 18.8. The lowest BCUT2D eigenvalue weighted by Gasteiger charge is -2.24. The summed E-state index contributed by atoms with van der Waals surface area (Å²) in [6.07, 6.45) is 6.50. The second-order valence-electron chi connectivity index (χ2n) is 9.74. The number of anilines is 1. The van der Waals surface area contributed by atoms with Gasteiger partial charge in [-0.3, -0.25) is 14.4 Å². The van der Waals surface area contributed by atoms with Crippen molar-refractivity contribution < 1.29 is 23.9 Å². The molecule has 2 bridgehead atoms.